The van der Waals surface area contributed by atoms with E-state index in [1.54, 1.807) is 14.0 Å². The average Bonchev–Trinajstić information content (AvgIpc) is 2.40. The van der Waals surface area contributed by atoms with E-state index >= 15 is 0 Å². The van der Waals surface area contributed by atoms with Crippen molar-refractivity contribution in [2.45, 2.75) is 34.6 Å². The molecule has 0 N–H and O–H groups in total. The van der Waals surface area contributed by atoms with Crippen molar-refractivity contribution >= 4 is 36.1 Å². The first-order valence-corrected chi connectivity index (χ1v) is 6.09. The van der Waals surface area contributed by atoms with Crippen LogP contribution in [-0.2, 0) is 28.7 Å². The van der Waals surface area contributed by atoms with Crippen LogP contribution in [0, 0.1) is 0 Å². The molecule has 0 aromatic carbocycles. The summed E-state index contributed by atoms with van der Waals surface area (Å²) in [7, 11) is 4.27. The van der Waals surface area contributed by atoms with Crippen LogP contribution in [0.1, 0.15) is 34.6 Å². The van der Waals surface area contributed by atoms with Crippen LogP contribution in [0.15, 0.2) is 9.98 Å². The molecule has 8 nitrogen and oxygen atoms in total. The molecule has 1 amide bonds. The van der Waals surface area contributed by atoms with Gasteiger partial charge in [-0.2, -0.15) is 0 Å². The average molecular weight is 318 g/mol. The number of rotatable bonds is 1. The van der Waals surface area contributed by atoms with Crippen LogP contribution < -0.4 is 0 Å². The van der Waals surface area contributed by atoms with Crippen LogP contribution in [0.3, 0.4) is 0 Å². The number of ketones is 1. The van der Waals surface area contributed by atoms with Gasteiger partial charge in [-0.1, -0.05) is 0 Å². The van der Waals surface area contributed by atoms with Crippen LogP contribution in [0.4, 0.5) is 0 Å². The van der Waals surface area contributed by atoms with Gasteiger partial charge in [0.15, 0.2) is 5.78 Å². The maximum Gasteiger partial charge on any atom is 0.302 e. The number of methoxy groups -OCH3 is 2. The molecule has 0 rings (SSSR count). The molecule has 0 fully saturated rings. The fourth-order valence-electron chi connectivity index (χ4n) is 0.364. The van der Waals surface area contributed by atoms with E-state index < -0.39 is 0 Å². The Labute approximate surface area is 131 Å². The summed E-state index contributed by atoms with van der Waals surface area (Å²) in [6.07, 6.45) is 2.75. The van der Waals surface area contributed by atoms with Crippen molar-refractivity contribution in [2.24, 2.45) is 9.98 Å². The maximum atomic E-state index is 9.89. The highest BCUT2D eigenvalue weighted by Gasteiger charge is 1.76. The molecule has 0 aromatic heterocycles. The molecule has 0 aromatic rings. The van der Waals surface area contributed by atoms with E-state index in [-0.39, 0.29) is 23.6 Å². The molecule has 0 aliphatic heterocycles. The van der Waals surface area contributed by atoms with Gasteiger partial charge >= 0.3 is 11.9 Å². The summed E-state index contributed by atoms with van der Waals surface area (Å²) in [5.74, 6) is -0.634. The first-order valence-electron chi connectivity index (χ1n) is 6.09. The van der Waals surface area contributed by atoms with Crippen LogP contribution >= 0.6 is 0 Å². The fourth-order valence-corrected chi connectivity index (χ4v) is 0.364. The van der Waals surface area contributed by atoms with Gasteiger partial charge in [0.1, 0.15) is 0 Å². The van der Waals surface area contributed by atoms with E-state index in [0.29, 0.717) is 0 Å². The number of ether oxygens (including phenoxy) is 2. The number of nitrogens with zero attached hydrogens (tertiary/aromatic N) is 2. The summed E-state index contributed by atoms with van der Waals surface area (Å²) in [4.78, 5) is 45.7. The zero-order valence-corrected chi connectivity index (χ0v) is 14.5. The summed E-state index contributed by atoms with van der Waals surface area (Å²) in [6, 6.07) is 0. The Morgan fingerprint density at radius 2 is 1.18 bits per heavy atom. The summed E-state index contributed by atoms with van der Waals surface area (Å²) in [6.45, 7) is 7.31. The Kier molecular flexibility index (Phi) is 30.0. The number of carbonyl (C=O) groups is 4. The van der Waals surface area contributed by atoms with E-state index in [1.165, 1.54) is 54.3 Å². The van der Waals surface area contributed by atoms with Crippen molar-refractivity contribution in [1.82, 2.24) is 0 Å². The van der Waals surface area contributed by atoms with Crippen molar-refractivity contribution in [2.75, 3.05) is 21.3 Å². The topological polar surface area (TPSA) is 111 Å². The molecular weight excluding hydrogens is 292 g/mol. The molecule has 0 aliphatic carbocycles. The third-order valence-corrected chi connectivity index (χ3v) is 1.20. The van der Waals surface area contributed by atoms with Gasteiger partial charge in [0, 0.05) is 41.0 Å². The second-order valence-electron chi connectivity index (χ2n) is 3.30. The Morgan fingerprint density at radius 3 is 1.18 bits per heavy atom. The van der Waals surface area contributed by atoms with Gasteiger partial charge < -0.3 is 9.47 Å². The third-order valence-electron chi connectivity index (χ3n) is 1.20. The van der Waals surface area contributed by atoms with Gasteiger partial charge in [-0.3, -0.25) is 24.2 Å². The highest BCUT2D eigenvalue weighted by molar-refractivity contribution is 6.26. The summed E-state index contributed by atoms with van der Waals surface area (Å²) in [5, 5.41) is 0. The van der Waals surface area contributed by atoms with Gasteiger partial charge in [0.25, 0.3) is 0 Å². The number of aliphatic imine (C=N–C) groups is 2. The lowest BCUT2D eigenvalue weighted by Crippen LogP contribution is -1.88. The Morgan fingerprint density at radius 1 is 0.864 bits per heavy atom. The molecule has 0 unspecified atom stereocenters. The first-order chi connectivity index (χ1) is 10.1. The SMILES string of the molecule is CC=NC(C)=O.CN=CC(C)=O.COC(C)=O.COC(C)=O. The number of carbonyl (C=O) groups excluding carboxylic acids is 4. The number of hydrogen-bond donors (Lipinski definition) is 0. The van der Waals surface area contributed by atoms with Gasteiger partial charge in [0.2, 0.25) is 5.91 Å². The molecule has 0 aliphatic rings. The van der Waals surface area contributed by atoms with Crippen molar-refractivity contribution in [1.29, 1.82) is 0 Å². The quantitative estimate of drug-likeness (QED) is 0.531. The van der Waals surface area contributed by atoms with Crippen molar-refractivity contribution in [3.8, 4) is 0 Å². The van der Waals surface area contributed by atoms with Crippen LogP contribution in [0.5, 0.6) is 0 Å². The predicted molar refractivity (Wildman–Crippen MR) is 85.3 cm³/mol. The minimum absolute atomic E-state index is 0.00231. The predicted octanol–water partition coefficient (Wildman–Crippen LogP) is 1.26. The van der Waals surface area contributed by atoms with E-state index in [9.17, 15) is 19.2 Å². The number of amides is 1. The minimum Gasteiger partial charge on any atom is -0.469 e. The van der Waals surface area contributed by atoms with Crippen LogP contribution in [-0.4, -0.2) is 57.3 Å². The third kappa shape index (κ3) is 83.8. The molecule has 22 heavy (non-hydrogen) atoms. The number of hydrogen-bond acceptors (Lipinski definition) is 7. The summed E-state index contributed by atoms with van der Waals surface area (Å²) >= 11 is 0. The van der Waals surface area contributed by atoms with E-state index in [2.05, 4.69) is 19.5 Å². The summed E-state index contributed by atoms with van der Waals surface area (Å²) < 4.78 is 8.22. The molecule has 0 spiro atoms. The smallest absolute Gasteiger partial charge is 0.302 e. The van der Waals surface area contributed by atoms with Crippen molar-refractivity contribution in [3.63, 3.8) is 0 Å². The Hall–Kier alpha value is -2.38. The highest BCUT2D eigenvalue weighted by Crippen LogP contribution is 1.64. The van der Waals surface area contributed by atoms with E-state index in [4.69, 9.17) is 0 Å². The number of esters is 2. The zero-order valence-electron chi connectivity index (χ0n) is 14.5. The van der Waals surface area contributed by atoms with Crippen molar-refractivity contribution in [3.05, 3.63) is 0 Å². The largest absolute Gasteiger partial charge is 0.469 e. The van der Waals surface area contributed by atoms with Crippen LogP contribution in [0.25, 0.3) is 0 Å². The van der Waals surface area contributed by atoms with Crippen molar-refractivity contribution < 1.29 is 28.7 Å². The molecule has 0 bridgehead atoms. The zero-order chi connectivity index (χ0) is 18.6. The molecule has 0 saturated heterocycles. The van der Waals surface area contributed by atoms with Gasteiger partial charge in [-0.05, 0) is 6.92 Å². The molecule has 128 valence electrons. The lowest BCUT2D eigenvalue weighted by molar-refractivity contribution is -0.138. The maximum absolute atomic E-state index is 9.89. The Bertz CT molecular complexity index is 340. The lowest BCUT2D eigenvalue weighted by atomic mass is 10.5. The monoisotopic (exact) mass is 318 g/mol. The standard InChI is InChI=1S/2C4H7NO.2C3H6O2/c1-4(6)3-5-2;1-3-5-4(2)6;2*1-3(4)5-2/h2*3H,1-2H3;2*1-2H3. The molecule has 8 heteroatoms. The van der Waals surface area contributed by atoms with Gasteiger partial charge in [-0.15, -0.1) is 0 Å². The van der Waals surface area contributed by atoms with Crippen LogP contribution in [0.2, 0.25) is 0 Å². The molecule has 0 saturated carbocycles. The van der Waals surface area contributed by atoms with Gasteiger partial charge in [-0.25, -0.2) is 4.99 Å². The lowest BCUT2D eigenvalue weighted by Gasteiger charge is -1.80. The highest BCUT2D eigenvalue weighted by atomic mass is 16.5. The van der Waals surface area contributed by atoms with E-state index in [0.717, 1.165) is 0 Å². The van der Waals surface area contributed by atoms with Gasteiger partial charge in [0.05, 0.1) is 20.4 Å². The summed E-state index contributed by atoms with van der Waals surface area (Å²) in [5.41, 5.74) is 0. The first kappa shape index (κ1) is 27.9. The molecule has 0 atom stereocenters. The normalized spacial score (nSPS) is 8.36. The van der Waals surface area contributed by atoms with E-state index in [1.807, 2.05) is 0 Å². The molecule has 0 radical (unpaired) electrons. The fraction of sp³-hybridized carbons (Fsp3) is 0.571. The molecular formula is C14H26N2O6. The molecule has 0 heterocycles. The second kappa shape index (κ2) is 23.7. The Balaban J connectivity index is -0.0000000986. The second-order valence-corrected chi connectivity index (χ2v) is 3.30. The minimum atomic E-state index is -0.245. The number of Topliss-reactive ketones (excluding diaryl/α,β-unsaturated/α-hetero) is 1.